The molecule has 0 spiro atoms. The third kappa shape index (κ3) is 15.1. The molecule has 0 fully saturated rings. The van der Waals surface area contributed by atoms with Crippen LogP contribution in [0.1, 0.15) is 11.4 Å². The summed E-state index contributed by atoms with van der Waals surface area (Å²) in [5.74, 6) is 0. The molecular weight excluding hydrogens is 348 g/mol. The molecule has 2 aromatic rings. The van der Waals surface area contributed by atoms with Crippen molar-refractivity contribution in [3.8, 4) is 0 Å². The number of rotatable bonds is 7. The Bertz CT molecular complexity index is 414. The topological polar surface area (TPSA) is 62.9 Å². The Labute approximate surface area is 168 Å². The molecule has 0 amide bonds. The molecule has 0 saturated carbocycles. The van der Waals surface area contributed by atoms with Crippen LogP contribution in [-0.4, -0.2) is 65.2 Å². The van der Waals surface area contributed by atoms with Gasteiger partial charge in [0.1, 0.15) is 0 Å². The molecule has 25 heavy (non-hydrogen) atoms. The maximum Gasteiger partial charge on any atom is 4.00 e. The van der Waals surface area contributed by atoms with Gasteiger partial charge in [-0.1, -0.05) is 24.3 Å². The second-order valence-electron chi connectivity index (χ2n) is 5.63. The number of aromatic nitrogens is 2. The van der Waals surface area contributed by atoms with Crippen molar-refractivity contribution in [2.24, 2.45) is 0 Å². The van der Waals surface area contributed by atoms with E-state index in [0.29, 0.717) is 0 Å². The van der Waals surface area contributed by atoms with E-state index in [-0.39, 0.29) is 21.7 Å². The molecule has 0 aliphatic carbocycles. The standard InChI is InChI=1S/C14H20N4.2C2H6N.Ti/c1-17(11-13-5-3-7-15-13)9-10-18(2)12-14-6-4-8-16-14;2*1-3-2;/h3-8H,9-12H2,1-2H3;2*1-2H3;/q-2;2*-1;+4. The van der Waals surface area contributed by atoms with E-state index in [1.807, 2.05) is 24.5 Å². The molecule has 2 aromatic heterocycles. The molecule has 0 aromatic carbocycles. The van der Waals surface area contributed by atoms with Crippen molar-refractivity contribution in [1.82, 2.24) is 19.8 Å². The minimum atomic E-state index is 0. The summed E-state index contributed by atoms with van der Waals surface area (Å²) in [6, 6.07) is 8.09. The summed E-state index contributed by atoms with van der Waals surface area (Å²) >= 11 is 0. The Morgan fingerprint density at radius 2 is 1.08 bits per heavy atom. The van der Waals surface area contributed by atoms with E-state index in [4.69, 9.17) is 0 Å². The second kappa shape index (κ2) is 17.9. The summed E-state index contributed by atoms with van der Waals surface area (Å²) in [5.41, 5.74) is 2.27. The van der Waals surface area contributed by atoms with Crippen LogP contribution in [0, 0.1) is 0 Å². The fourth-order valence-electron chi connectivity index (χ4n) is 1.91. The quantitative estimate of drug-likeness (QED) is 0.692. The summed E-state index contributed by atoms with van der Waals surface area (Å²) < 4.78 is 0. The number of likely N-dealkylation sites (N-methyl/N-ethyl adjacent to an activating group) is 2. The van der Waals surface area contributed by atoms with Gasteiger partial charge in [0.2, 0.25) is 0 Å². The van der Waals surface area contributed by atoms with Gasteiger partial charge in [0.05, 0.1) is 0 Å². The van der Waals surface area contributed by atoms with Crippen LogP contribution in [0.2, 0.25) is 0 Å². The van der Waals surface area contributed by atoms with Gasteiger partial charge < -0.3 is 30.4 Å². The zero-order chi connectivity index (χ0) is 18.2. The van der Waals surface area contributed by atoms with E-state index in [2.05, 4.69) is 56.6 Å². The van der Waals surface area contributed by atoms with Gasteiger partial charge in [0.15, 0.2) is 0 Å². The molecule has 0 bridgehead atoms. The molecule has 0 saturated heterocycles. The SMILES string of the molecule is CN(CCN(C)Cc1ccc[n-]1)Cc1ccc[n-]1.C[N-]C.C[N-]C.[Ti+4]. The van der Waals surface area contributed by atoms with Crippen molar-refractivity contribution >= 4 is 0 Å². The van der Waals surface area contributed by atoms with E-state index in [1.165, 1.54) is 0 Å². The Morgan fingerprint density at radius 1 is 0.760 bits per heavy atom. The molecule has 0 N–H and O–H groups in total. The summed E-state index contributed by atoms with van der Waals surface area (Å²) in [5, 5.41) is 7.00. The van der Waals surface area contributed by atoms with Gasteiger partial charge in [-0.15, -0.1) is 11.4 Å². The monoisotopic (exact) mass is 380 g/mol. The van der Waals surface area contributed by atoms with Crippen LogP contribution in [0.3, 0.4) is 0 Å². The van der Waals surface area contributed by atoms with Crippen molar-refractivity contribution in [3.05, 3.63) is 58.7 Å². The molecular formula is C18H32N6Ti. The molecule has 0 aliphatic heterocycles. The molecule has 0 atom stereocenters. The van der Waals surface area contributed by atoms with Crippen LogP contribution in [-0.2, 0) is 34.8 Å². The number of hydrogen-bond acceptors (Lipinski definition) is 2. The first kappa shape index (κ1) is 26.3. The van der Waals surface area contributed by atoms with Gasteiger partial charge in [-0.05, 0) is 14.1 Å². The maximum absolute atomic E-state index is 4.28. The average Bonchev–Trinajstić information content (AvgIpc) is 3.21. The first-order valence-corrected chi connectivity index (χ1v) is 8.03. The maximum atomic E-state index is 4.28. The third-order valence-electron chi connectivity index (χ3n) is 2.96. The summed E-state index contributed by atoms with van der Waals surface area (Å²) in [4.78, 5) is 13.1. The van der Waals surface area contributed by atoms with Crippen molar-refractivity contribution in [2.45, 2.75) is 13.1 Å². The molecule has 2 heterocycles. The van der Waals surface area contributed by atoms with Crippen molar-refractivity contribution in [3.63, 3.8) is 0 Å². The van der Waals surface area contributed by atoms with Crippen LogP contribution in [0.15, 0.2) is 36.7 Å². The Balaban J connectivity index is 0. The van der Waals surface area contributed by atoms with E-state index >= 15 is 0 Å². The zero-order valence-corrected chi connectivity index (χ0v) is 18.0. The fourth-order valence-corrected chi connectivity index (χ4v) is 1.91. The van der Waals surface area contributed by atoms with E-state index in [1.54, 1.807) is 28.2 Å². The van der Waals surface area contributed by atoms with Crippen LogP contribution in [0.25, 0.3) is 10.6 Å². The molecule has 0 unspecified atom stereocenters. The normalized spacial score (nSPS) is 9.76. The second-order valence-corrected chi connectivity index (χ2v) is 5.63. The molecule has 0 aliphatic rings. The van der Waals surface area contributed by atoms with Gasteiger partial charge in [-0.2, -0.15) is 40.6 Å². The predicted octanol–water partition coefficient (Wildman–Crippen LogP) is 2.40. The fraction of sp³-hybridized carbons (Fsp3) is 0.556. The van der Waals surface area contributed by atoms with Gasteiger partial charge >= 0.3 is 21.7 Å². The first-order chi connectivity index (χ1) is 11.6. The van der Waals surface area contributed by atoms with Gasteiger partial charge in [0.25, 0.3) is 0 Å². The summed E-state index contributed by atoms with van der Waals surface area (Å²) in [6.07, 6.45) is 3.69. The third-order valence-corrected chi connectivity index (χ3v) is 2.96. The Morgan fingerprint density at radius 3 is 1.32 bits per heavy atom. The molecule has 138 valence electrons. The van der Waals surface area contributed by atoms with E-state index in [9.17, 15) is 0 Å². The van der Waals surface area contributed by atoms with Crippen molar-refractivity contribution < 1.29 is 21.7 Å². The van der Waals surface area contributed by atoms with E-state index < -0.39 is 0 Å². The van der Waals surface area contributed by atoms with Gasteiger partial charge in [-0.3, -0.25) is 0 Å². The van der Waals surface area contributed by atoms with Crippen molar-refractivity contribution in [1.29, 1.82) is 0 Å². The number of nitrogens with zero attached hydrogens (tertiary/aromatic N) is 6. The largest absolute Gasteiger partial charge is 4.00 e. The predicted molar refractivity (Wildman–Crippen MR) is 103 cm³/mol. The van der Waals surface area contributed by atoms with Crippen LogP contribution in [0.5, 0.6) is 0 Å². The number of hydrogen-bond donors (Lipinski definition) is 0. The zero-order valence-electron chi connectivity index (χ0n) is 16.5. The van der Waals surface area contributed by atoms with Crippen LogP contribution >= 0.6 is 0 Å². The molecule has 0 radical (unpaired) electrons. The van der Waals surface area contributed by atoms with E-state index in [0.717, 1.165) is 37.6 Å². The summed E-state index contributed by atoms with van der Waals surface area (Å²) in [6.45, 7) is 3.89. The first-order valence-electron chi connectivity index (χ1n) is 8.03. The smallest absolute Gasteiger partial charge is 0.668 e. The van der Waals surface area contributed by atoms with Crippen LogP contribution in [0.4, 0.5) is 0 Å². The van der Waals surface area contributed by atoms with Crippen molar-refractivity contribution in [2.75, 3.05) is 55.4 Å². The minimum absolute atomic E-state index is 0. The average molecular weight is 380 g/mol. The van der Waals surface area contributed by atoms with Gasteiger partial charge in [-0.25, -0.2) is 0 Å². The molecule has 2 rings (SSSR count). The molecule has 7 heteroatoms. The van der Waals surface area contributed by atoms with Gasteiger partial charge in [0, 0.05) is 26.2 Å². The Hall–Kier alpha value is -0.886. The minimum Gasteiger partial charge on any atom is -0.668 e. The molecule has 6 nitrogen and oxygen atoms in total. The summed E-state index contributed by atoms with van der Waals surface area (Å²) in [7, 11) is 11.3. The van der Waals surface area contributed by atoms with Crippen LogP contribution < -0.4 is 9.97 Å². The Kier molecular flexibility index (Phi) is 18.9.